The molecule has 0 radical (unpaired) electrons. The number of nitrogens with zero attached hydrogens (tertiary/aromatic N) is 2. The number of aromatic nitrogens is 2. The van der Waals surface area contributed by atoms with E-state index in [1.54, 1.807) is 4.90 Å². The summed E-state index contributed by atoms with van der Waals surface area (Å²) in [5.74, 6) is 0.836. The van der Waals surface area contributed by atoms with Gasteiger partial charge in [-0.25, -0.2) is 4.98 Å². The van der Waals surface area contributed by atoms with E-state index in [2.05, 4.69) is 9.97 Å². The molecule has 3 rings (SSSR count). The summed E-state index contributed by atoms with van der Waals surface area (Å²) in [7, 11) is 0. The zero-order valence-electron chi connectivity index (χ0n) is 9.35. The number of H-pyrrole nitrogens is 1. The number of aromatic amines is 1. The van der Waals surface area contributed by atoms with Gasteiger partial charge in [0.15, 0.2) is 0 Å². The molecular formula is C12H13N3O2. The molecule has 2 aliphatic rings. The Kier molecular flexibility index (Phi) is 2.31. The topological polar surface area (TPSA) is 66.1 Å². The maximum absolute atomic E-state index is 12.1. The molecule has 5 nitrogen and oxygen atoms in total. The van der Waals surface area contributed by atoms with Crippen LogP contribution in [-0.4, -0.2) is 33.9 Å². The van der Waals surface area contributed by atoms with Gasteiger partial charge in [-0.1, -0.05) is 12.2 Å². The second-order valence-electron chi connectivity index (χ2n) is 4.47. The minimum Gasteiger partial charge on any atom is -0.330 e. The number of nitrogens with one attached hydrogen (secondary N) is 1. The highest BCUT2D eigenvalue weighted by atomic mass is 16.2. The van der Waals surface area contributed by atoms with Crippen LogP contribution in [0.3, 0.4) is 0 Å². The van der Waals surface area contributed by atoms with E-state index in [-0.39, 0.29) is 17.2 Å². The summed E-state index contributed by atoms with van der Waals surface area (Å²) in [6.07, 6.45) is 5.97. The summed E-state index contributed by atoms with van der Waals surface area (Å²) in [5, 5.41) is 0. The quantitative estimate of drug-likeness (QED) is 0.760. The average Bonchev–Trinajstić information content (AvgIpc) is 3.03. The molecule has 1 aliphatic heterocycles. The Morgan fingerprint density at radius 3 is 2.71 bits per heavy atom. The Bertz CT molecular complexity index is 535. The number of rotatable bonds is 2. The highest BCUT2D eigenvalue weighted by Gasteiger charge is 2.28. The Balaban J connectivity index is 1.91. The third kappa shape index (κ3) is 2.00. The standard InChI is InChI=1S/C12H13N3O2/c16-10-7-9(12(17)15-5-1-2-6-15)13-11(14-10)8-3-4-8/h1-2,7-8H,3-6H2,(H,13,14,16). The van der Waals surface area contributed by atoms with Crippen LogP contribution in [0.4, 0.5) is 0 Å². The van der Waals surface area contributed by atoms with Gasteiger partial charge in [0.2, 0.25) is 0 Å². The zero-order valence-corrected chi connectivity index (χ0v) is 9.35. The van der Waals surface area contributed by atoms with Crippen molar-refractivity contribution in [1.82, 2.24) is 14.9 Å². The van der Waals surface area contributed by atoms with Crippen molar-refractivity contribution in [2.75, 3.05) is 13.1 Å². The molecule has 2 heterocycles. The second-order valence-corrected chi connectivity index (χ2v) is 4.47. The molecule has 1 amide bonds. The van der Waals surface area contributed by atoms with Crippen molar-refractivity contribution < 1.29 is 4.79 Å². The molecule has 1 aromatic heterocycles. The molecule has 1 aliphatic carbocycles. The Labute approximate surface area is 98.2 Å². The number of carbonyl (C=O) groups is 1. The van der Waals surface area contributed by atoms with E-state index >= 15 is 0 Å². The number of amides is 1. The lowest BCUT2D eigenvalue weighted by Gasteiger charge is -2.14. The van der Waals surface area contributed by atoms with E-state index in [4.69, 9.17) is 0 Å². The van der Waals surface area contributed by atoms with E-state index in [1.165, 1.54) is 6.07 Å². The lowest BCUT2D eigenvalue weighted by atomic mass is 10.3. The van der Waals surface area contributed by atoms with E-state index in [0.29, 0.717) is 24.8 Å². The summed E-state index contributed by atoms with van der Waals surface area (Å²) >= 11 is 0. The smallest absolute Gasteiger partial charge is 0.273 e. The molecule has 0 bridgehead atoms. The van der Waals surface area contributed by atoms with Crippen LogP contribution in [0.15, 0.2) is 23.0 Å². The molecule has 1 N–H and O–H groups in total. The third-order valence-corrected chi connectivity index (χ3v) is 3.05. The van der Waals surface area contributed by atoms with Crippen molar-refractivity contribution in [3.63, 3.8) is 0 Å². The first-order valence-electron chi connectivity index (χ1n) is 5.79. The predicted molar refractivity (Wildman–Crippen MR) is 61.9 cm³/mol. The number of hydrogen-bond donors (Lipinski definition) is 1. The summed E-state index contributed by atoms with van der Waals surface area (Å²) in [5.41, 5.74) is 0.0248. The lowest BCUT2D eigenvalue weighted by Crippen LogP contribution is -2.30. The van der Waals surface area contributed by atoms with Gasteiger partial charge in [0, 0.05) is 25.1 Å². The molecule has 1 aromatic rings. The summed E-state index contributed by atoms with van der Waals surface area (Å²) in [4.78, 5) is 32.2. The first kappa shape index (κ1) is 10.3. The van der Waals surface area contributed by atoms with Gasteiger partial charge in [0.1, 0.15) is 11.5 Å². The minimum absolute atomic E-state index is 0.164. The lowest BCUT2D eigenvalue weighted by molar-refractivity contribution is 0.0793. The van der Waals surface area contributed by atoms with Gasteiger partial charge in [-0.3, -0.25) is 9.59 Å². The highest BCUT2D eigenvalue weighted by Crippen LogP contribution is 2.37. The van der Waals surface area contributed by atoms with Crippen LogP contribution in [0.25, 0.3) is 0 Å². The molecule has 17 heavy (non-hydrogen) atoms. The van der Waals surface area contributed by atoms with Gasteiger partial charge in [0.25, 0.3) is 11.5 Å². The molecule has 0 unspecified atom stereocenters. The monoisotopic (exact) mass is 231 g/mol. The van der Waals surface area contributed by atoms with E-state index < -0.39 is 0 Å². The Morgan fingerprint density at radius 1 is 1.35 bits per heavy atom. The fraction of sp³-hybridized carbons (Fsp3) is 0.417. The maximum atomic E-state index is 12.1. The molecule has 1 fully saturated rings. The van der Waals surface area contributed by atoms with Crippen molar-refractivity contribution in [3.05, 3.63) is 40.1 Å². The molecule has 0 aromatic carbocycles. The molecule has 0 spiro atoms. The zero-order chi connectivity index (χ0) is 11.8. The van der Waals surface area contributed by atoms with E-state index in [9.17, 15) is 9.59 Å². The number of carbonyl (C=O) groups excluding carboxylic acids is 1. The van der Waals surface area contributed by atoms with Crippen LogP contribution in [0, 0.1) is 0 Å². The molecule has 0 atom stereocenters. The van der Waals surface area contributed by atoms with Gasteiger partial charge in [-0.15, -0.1) is 0 Å². The summed E-state index contributed by atoms with van der Waals surface area (Å²) in [6.45, 7) is 1.21. The summed E-state index contributed by atoms with van der Waals surface area (Å²) < 4.78 is 0. The molecule has 88 valence electrons. The van der Waals surface area contributed by atoms with Crippen molar-refractivity contribution in [1.29, 1.82) is 0 Å². The van der Waals surface area contributed by atoms with E-state index in [0.717, 1.165) is 12.8 Å². The first-order chi connectivity index (χ1) is 8.24. The van der Waals surface area contributed by atoms with Crippen LogP contribution in [0.1, 0.15) is 35.1 Å². The predicted octanol–water partition coefficient (Wildman–Crippen LogP) is 0.659. The van der Waals surface area contributed by atoms with Crippen LogP contribution < -0.4 is 5.56 Å². The van der Waals surface area contributed by atoms with Crippen molar-refractivity contribution in [2.24, 2.45) is 0 Å². The fourth-order valence-corrected chi connectivity index (χ4v) is 1.94. The normalized spacial score (nSPS) is 18.7. The summed E-state index contributed by atoms with van der Waals surface area (Å²) in [6, 6.07) is 1.28. The van der Waals surface area contributed by atoms with Crippen LogP contribution in [-0.2, 0) is 0 Å². The number of hydrogen-bond acceptors (Lipinski definition) is 3. The molecule has 5 heteroatoms. The van der Waals surface area contributed by atoms with Crippen molar-refractivity contribution >= 4 is 5.91 Å². The average molecular weight is 231 g/mol. The molecule has 0 saturated heterocycles. The van der Waals surface area contributed by atoms with Gasteiger partial charge >= 0.3 is 0 Å². The molecule has 1 saturated carbocycles. The van der Waals surface area contributed by atoms with Crippen molar-refractivity contribution in [2.45, 2.75) is 18.8 Å². The van der Waals surface area contributed by atoms with Gasteiger partial charge in [-0.2, -0.15) is 0 Å². The van der Waals surface area contributed by atoms with Gasteiger partial charge in [-0.05, 0) is 12.8 Å². The largest absolute Gasteiger partial charge is 0.330 e. The maximum Gasteiger partial charge on any atom is 0.273 e. The van der Waals surface area contributed by atoms with Crippen LogP contribution in [0.2, 0.25) is 0 Å². The van der Waals surface area contributed by atoms with E-state index in [1.807, 2.05) is 12.2 Å². The first-order valence-corrected chi connectivity index (χ1v) is 5.79. The third-order valence-electron chi connectivity index (χ3n) is 3.05. The SMILES string of the molecule is O=C(c1cc(=O)[nH]c(C2CC2)n1)N1CC=CC1. The second kappa shape index (κ2) is 3.84. The molecular weight excluding hydrogens is 218 g/mol. The van der Waals surface area contributed by atoms with Crippen LogP contribution in [0.5, 0.6) is 0 Å². The van der Waals surface area contributed by atoms with Crippen molar-refractivity contribution in [3.8, 4) is 0 Å². The van der Waals surface area contributed by atoms with Gasteiger partial charge in [0.05, 0.1) is 0 Å². The van der Waals surface area contributed by atoms with Gasteiger partial charge < -0.3 is 9.88 Å². The van der Waals surface area contributed by atoms with Crippen LogP contribution >= 0.6 is 0 Å². The fourth-order valence-electron chi connectivity index (χ4n) is 1.94. The highest BCUT2D eigenvalue weighted by molar-refractivity contribution is 5.92. The Hall–Kier alpha value is -1.91. The Morgan fingerprint density at radius 2 is 2.06 bits per heavy atom. The minimum atomic E-state index is -0.239.